The van der Waals surface area contributed by atoms with Crippen LogP contribution in [-0.4, -0.2) is 23.2 Å². The van der Waals surface area contributed by atoms with Crippen LogP contribution in [0.3, 0.4) is 0 Å². The van der Waals surface area contributed by atoms with Gasteiger partial charge in [0.1, 0.15) is 0 Å². The smallest absolute Gasteiger partial charge is 0.223 e. The molecule has 1 N–H and O–H groups in total. The van der Waals surface area contributed by atoms with Gasteiger partial charge >= 0.3 is 0 Å². The van der Waals surface area contributed by atoms with Crippen molar-refractivity contribution in [3.05, 3.63) is 0 Å². The van der Waals surface area contributed by atoms with E-state index in [2.05, 4.69) is 5.32 Å². The van der Waals surface area contributed by atoms with E-state index in [1.54, 1.807) is 0 Å². The summed E-state index contributed by atoms with van der Waals surface area (Å²) < 4.78 is 0. The van der Waals surface area contributed by atoms with Crippen molar-refractivity contribution in [3.63, 3.8) is 0 Å². The molecule has 0 aliphatic heterocycles. The van der Waals surface area contributed by atoms with Gasteiger partial charge in [-0.3, -0.25) is 4.79 Å². The Kier molecular flexibility index (Phi) is 3.70. The van der Waals surface area contributed by atoms with Gasteiger partial charge in [0.15, 0.2) is 0 Å². The van der Waals surface area contributed by atoms with Crippen LogP contribution in [0.15, 0.2) is 0 Å². The third-order valence-corrected chi connectivity index (χ3v) is 5.27. The number of carbonyl (C=O) groups excluding carboxylic acids is 1. The summed E-state index contributed by atoms with van der Waals surface area (Å²) in [4.78, 5) is 12.1. The van der Waals surface area contributed by atoms with Gasteiger partial charge in [-0.2, -0.15) is 0 Å². The molecule has 0 aromatic rings. The summed E-state index contributed by atoms with van der Waals surface area (Å²) in [7, 11) is 0. The molecular formula is C12H19Cl2NO. The molecule has 3 unspecified atom stereocenters. The Hall–Kier alpha value is 0.0500. The van der Waals surface area contributed by atoms with E-state index in [-0.39, 0.29) is 11.8 Å². The van der Waals surface area contributed by atoms with E-state index < -0.39 is 5.54 Å². The van der Waals surface area contributed by atoms with Gasteiger partial charge in [-0.15, -0.1) is 23.2 Å². The summed E-state index contributed by atoms with van der Waals surface area (Å²) in [6, 6.07) is 0. The number of alkyl halides is 2. The maximum atomic E-state index is 12.1. The van der Waals surface area contributed by atoms with Gasteiger partial charge in [-0.05, 0) is 38.0 Å². The van der Waals surface area contributed by atoms with Gasteiger partial charge < -0.3 is 5.32 Å². The van der Waals surface area contributed by atoms with E-state index in [9.17, 15) is 4.79 Å². The average molecular weight is 264 g/mol. The van der Waals surface area contributed by atoms with E-state index in [1.807, 2.05) is 6.92 Å². The van der Waals surface area contributed by atoms with Crippen LogP contribution in [0, 0.1) is 17.8 Å². The summed E-state index contributed by atoms with van der Waals surface area (Å²) in [5.41, 5.74) is -0.456. The van der Waals surface area contributed by atoms with Gasteiger partial charge in [0.2, 0.25) is 5.91 Å². The van der Waals surface area contributed by atoms with Crippen molar-refractivity contribution < 1.29 is 4.79 Å². The van der Waals surface area contributed by atoms with Crippen LogP contribution in [0.1, 0.15) is 32.6 Å². The fourth-order valence-corrected chi connectivity index (χ4v) is 3.48. The van der Waals surface area contributed by atoms with Gasteiger partial charge in [-0.1, -0.05) is 6.42 Å². The van der Waals surface area contributed by atoms with E-state index >= 15 is 0 Å². The minimum Gasteiger partial charge on any atom is -0.348 e. The lowest BCUT2D eigenvalue weighted by Crippen LogP contribution is -2.51. The zero-order valence-electron chi connectivity index (χ0n) is 9.64. The Morgan fingerprint density at radius 3 is 2.44 bits per heavy atom. The van der Waals surface area contributed by atoms with Gasteiger partial charge in [-0.25, -0.2) is 0 Å². The molecule has 0 saturated heterocycles. The van der Waals surface area contributed by atoms with E-state index in [0.29, 0.717) is 17.7 Å². The van der Waals surface area contributed by atoms with Crippen molar-refractivity contribution >= 4 is 29.1 Å². The molecule has 2 saturated carbocycles. The first-order chi connectivity index (χ1) is 7.58. The molecule has 0 aromatic carbocycles. The molecule has 0 heterocycles. The van der Waals surface area contributed by atoms with Crippen molar-refractivity contribution in [2.45, 2.75) is 38.1 Å². The number of nitrogens with one attached hydrogen (secondary N) is 1. The summed E-state index contributed by atoms with van der Waals surface area (Å²) >= 11 is 11.7. The second-order valence-corrected chi connectivity index (χ2v) is 6.13. The van der Waals surface area contributed by atoms with Crippen molar-refractivity contribution in [2.75, 3.05) is 11.8 Å². The molecule has 2 nitrogen and oxygen atoms in total. The number of amides is 1. The molecule has 2 rings (SSSR count). The number of halogens is 2. The molecule has 3 atom stereocenters. The van der Waals surface area contributed by atoms with Crippen molar-refractivity contribution in [2.24, 2.45) is 17.8 Å². The van der Waals surface area contributed by atoms with Gasteiger partial charge in [0.25, 0.3) is 0 Å². The standard InChI is InChI=1S/C12H19Cl2NO/c1-12(6-13,7-14)15-11(16)10-5-8-2-3-9(10)4-8/h8-10H,2-7H2,1H3,(H,15,16). The number of carbonyl (C=O) groups is 1. The molecule has 1 amide bonds. The Labute approximate surface area is 107 Å². The minimum atomic E-state index is -0.456. The Bertz CT molecular complexity index is 278. The Morgan fingerprint density at radius 2 is 2.00 bits per heavy atom. The highest BCUT2D eigenvalue weighted by Gasteiger charge is 2.44. The number of hydrogen-bond acceptors (Lipinski definition) is 1. The highest BCUT2D eigenvalue weighted by Crippen LogP contribution is 2.48. The number of rotatable bonds is 4. The molecule has 92 valence electrons. The van der Waals surface area contributed by atoms with Crippen LogP contribution in [-0.2, 0) is 4.79 Å². The molecule has 2 aliphatic rings. The Balaban J connectivity index is 1.93. The predicted octanol–water partition coefficient (Wildman–Crippen LogP) is 2.78. The van der Waals surface area contributed by atoms with Crippen molar-refractivity contribution in [3.8, 4) is 0 Å². The first-order valence-corrected chi connectivity index (χ1v) is 7.09. The lowest BCUT2D eigenvalue weighted by atomic mass is 9.87. The van der Waals surface area contributed by atoms with Crippen LogP contribution in [0.2, 0.25) is 0 Å². The number of fused-ring (bicyclic) bond motifs is 2. The van der Waals surface area contributed by atoms with E-state index in [0.717, 1.165) is 12.3 Å². The third-order valence-electron chi connectivity index (χ3n) is 4.09. The zero-order chi connectivity index (χ0) is 11.8. The predicted molar refractivity (Wildman–Crippen MR) is 66.9 cm³/mol. The SMILES string of the molecule is CC(CCl)(CCl)NC(=O)C1CC2CCC1C2. The summed E-state index contributed by atoms with van der Waals surface area (Å²) in [6.07, 6.45) is 4.85. The minimum absolute atomic E-state index is 0.163. The lowest BCUT2D eigenvalue weighted by Gasteiger charge is -2.30. The molecule has 16 heavy (non-hydrogen) atoms. The Morgan fingerprint density at radius 1 is 1.31 bits per heavy atom. The highest BCUT2D eigenvalue weighted by atomic mass is 35.5. The second kappa shape index (κ2) is 4.73. The molecule has 0 radical (unpaired) electrons. The molecule has 4 heteroatoms. The van der Waals surface area contributed by atoms with Crippen molar-refractivity contribution in [1.82, 2.24) is 5.32 Å². The molecule has 0 spiro atoms. The van der Waals surface area contributed by atoms with E-state index in [4.69, 9.17) is 23.2 Å². The topological polar surface area (TPSA) is 29.1 Å². The van der Waals surface area contributed by atoms with Crippen LogP contribution >= 0.6 is 23.2 Å². The summed E-state index contributed by atoms with van der Waals surface area (Å²) in [5.74, 6) is 2.51. The lowest BCUT2D eigenvalue weighted by molar-refractivity contribution is -0.127. The largest absolute Gasteiger partial charge is 0.348 e. The molecular weight excluding hydrogens is 245 g/mol. The first kappa shape index (κ1) is 12.5. The molecule has 2 aliphatic carbocycles. The monoisotopic (exact) mass is 263 g/mol. The van der Waals surface area contributed by atoms with E-state index in [1.165, 1.54) is 19.3 Å². The third kappa shape index (κ3) is 2.33. The van der Waals surface area contributed by atoms with Crippen molar-refractivity contribution in [1.29, 1.82) is 0 Å². The molecule has 0 aromatic heterocycles. The fourth-order valence-electron chi connectivity index (χ4n) is 3.06. The van der Waals surface area contributed by atoms with Gasteiger partial charge in [0.05, 0.1) is 5.54 Å². The highest BCUT2D eigenvalue weighted by molar-refractivity contribution is 6.22. The van der Waals surface area contributed by atoms with Crippen LogP contribution < -0.4 is 5.32 Å². The fraction of sp³-hybridized carbons (Fsp3) is 0.917. The maximum absolute atomic E-state index is 12.1. The second-order valence-electron chi connectivity index (χ2n) is 5.60. The van der Waals surface area contributed by atoms with Gasteiger partial charge in [0, 0.05) is 17.7 Å². The summed E-state index contributed by atoms with van der Waals surface area (Å²) in [6.45, 7) is 1.90. The van der Waals surface area contributed by atoms with Crippen LogP contribution in [0.25, 0.3) is 0 Å². The molecule has 2 bridgehead atoms. The summed E-state index contributed by atoms with van der Waals surface area (Å²) in [5, 5.41) is 3.02. The maximum Gasteiger partial charge on any atom is 0.223 e. The quantitative estimate of drug-likeness (QED) is 0.777. The van der Waals surface area contributed by atoms with Crippen LogP contribution in [0.4, 0.5) is 0 Å². The number of hydrogen-bond donors (Lipinski definition) is 1. The van der Waals surface area contributed by atoms with Crippen LogP contribution in [0.5, 0.6) is 0 Å². The first-order valence-electron chi connectivity index (χ1n) is 6.02. The normalized spacial score (nSPS) is 33.1. The molecule has 2 fully saturated rings. The average Bonchev–Trinajstić information content (AvgIpc) is 2.90. The zero-order valence-corrected chi connectivity index (χ0v) is 11.2.